The number of hydrogen-bond acceptors (Lipinski definition) is 3. The van der Waals surface area contributed by atoms with Crippen LogP contribution in [0, 0.1) is 13.8 Å². The summed E-state index contributed by atoms with van der Waals surface area (Å²) < 4.78 is 5.78. The summed E-state index contributed by atoms with van der Waals surface area (Å²) in [5, 5.41) is 2.83. The van der Waals surface area contributed by atoms with Crippen LogP contribution in [-0.4, -0.2) is 18.6 Å². The van der Waals surface area contributed by atoms with Crippen LogP contribution in [0.2, 0.25) is 0 Å². The summed E-state index contributed by atoms with van der Waals surface area (Å²) in [5.74, 6) is 0.694. The monoisotopic (exact) mass is 264 g/mol. The molecule has 1 rings (SSSR count). The Labute approximate surface area is 115 Å². The molecule has 106 valence electrons. The van der Waals surface area contributed by atoms with E-state index in [1.54, 1.807) is 6.92 Å². The molecule has 0 fully saturated rings. The number of ether oxygens (including phenoxy) is 1. The van der Waals surface area contributed by atoms with Crippen LogP contribution in [0.5, 0.6) is 5.75 Å². The molecule has 0 spiro atoms. The average Bonchev–Trinajstić information content (AvgIpc) is 2.39. The Morgan fingerprint density at radius 1 is 1.37 bits per heavy atom. The first-order valence-corrected chi connectivity index (χ1v) is 6.74. The molecule has 4 heteroatoms. The number of nitrogens with two attached hydrogens (primary N) is 1. The van der Waals surface area contributed by atoms with Gasteiger partial charge in [0.2, 0.25) is 0 Å². The third-order valence-corrected chi connectivity index (χ3v) is 2.97. The summed E-state index contributed by atoms with van der Waals surface area (Å²) in [6.45, 7) is 8.91. The zero-order chi connectivity index (χ0) is 14.4. The molecular formula is C15H24N2O2. The highest BCUT2D eigenvalue weighted by molar-refractivity contribution is 5.80. The summed E-state index contributed by atoms with van der Waals surface area (Å²) in [6, 6.07) is 4.00. The maximum atomic E-state index is 11.8. The van der Waals surface area contributed by atoms with E-state index in [0.717, 1.165) is 28.9 Å². The van der Waals surface area contributed by atoms with Crippen LogP contribution in [0.25, 0.3) is 0 Å². The Morgan fingerprint density at radius 2 is 1.95 bits per heavy atom. The summed E-state index contributed by atoms with van der Waals surface area (Å²) in [4.78, 5) is 11.8. The highest BCUT2D eigenvalue weighted by atomic mass is 16.5. The lowest BCUT2D eigenvalue weighted by atomic mass is 10.1. The van der Waals surface area contributed by atoms with Gasteiger partial charge in [-0.1, -0.05) is 19.1 Å². The molecule has 3 N–H and O–H groups in total. The minimum Gasteiger partial charge on any atom is -0.480 e. The van der Waals surface area contributed by atoms with E-state index in [1.807, 2.05) is 32.9 Å². The lowest BCUT2D eigenvalue weighted by molar-refractivity contribution is -0.127. The van der Waals surface area contributed by atoms with Gasteiger partial charge in [0.05, 0.1) is 0 Å². The number of carbonyl (C=O) groups is 1. The zero-order valence-corrected chi connectivity index (χ0v) is 12.2. The van der Waals surface area contributed by atoms with E-state index in [0.29, 0.717) is 13.1 Å². The van der Waals surface area contributed by atoms with Gasteiger partial charge in [-0.25, -0.2) is 0 Å². The molecule has 0 saturated carbocycles. The second-order valence-electron chi connectivity index (χ2n) is 4.81. The predicted octanol–water partition coefficient (Wildman–Crippen LogP) is 2.06. The van der Waals surface area contributed by atoms with Crippen molar-refractivity contribution < 1.29 is 9.53 Å². The third kappa shape index (κ3) is 4.24. The van der Waals surface area contributed by atoms with Crippen LogP contribution >= 0.6 is 0 Å². The van der Waals surface area contributed by atoms with Crippen LogP contribution in [0.1, 0.15) is 37.0 Å². The second-order valence-corrected chi connectivity index (χ2v) is 4.81. The number of nitrogens with one attached hydrogen (secondary N) is 1. The van der Waals surface area contributed by atoms with Crippen LogP contribution in [0.15, 0.2) is 12.1 Å². The maximum Gasteiger partial charge on any atom is 0.260 e. The smallest absolute Gasteiger partial charge is 0.260 e. The predicted molar refractivity (Wildman–Crippen MR) is 77.2 cm³/mol. The average molecular weight is 264 g/mol. The Morgan fingerprint density at radius 3 is 2.42 bits per heavy atom. The quantitative estimate of drug-likeness (QED) is 0.826. The van der Waals surface area contributed by atoms with Gasteiger partial charge in [-0.3, -0.25) is 4.79 Å². The van der Waals surface area contributed by atoms with E-state index < -0.39 is 6.10 Å². The number of amides is 1. The van der Waals surface area contributed by atoms with Gasteiger partial charge in [0, 0.05) is 13.1 Å². The molecule has 1 amide bonds. The molecule has 1 unspecified atom stereocenters. The first kappa shape index (κ1) is 15.5. The number of benzene rings is 1. The van der Waals surface area contributed by atoms with Gasteiger partial charge >= 0.3 is 0 Å². The van der Waals surface area contributed by atoms with Gasteiger partial charge in [-0.05, 0) is 43.9 Å². The normalized spacial score (nSPS) is 12.1. The first-order chi connectivity index (χ1) is 8.99. The van der Waals surface area contributed by atoms with Crippen molar-refractivity contribution in [2.75, 3.05) is 6.54 Å². The minimum atomic E-state index is -0.493. The molecule has 1 aromatic rings. The van der Waals surface area contributed by atoms with E-state index in [1.165, 1.54) is 0 Å². The van der Waals surface area contributed by atoms with Crippen molar-refractivity contribution in [3.05, 3.63) is 28.8 Å². The highest BCUT2D eigenvalue weighted by Gasteiger charge is 2.16. The molecule has 1 atom stereocenters. The van der Waals surface area contributed by atoms with Crippen LogP contribution in [0.3, 0.4) is 0 Å². The van der Waals surface area contributed by atoms with Crippen molar-refractivity contribution in [1.29, 1.82) is 0 Å². The van der Waals surface area contributed by atoms with Crippen molar-refractivity contribution in [2.24, 2.45) is 5.73 Å². The Kier molecular flexibility index (Phi) is 5.83. The standard InChI is InChI=1S/C15H24N2O2/c1-5-6-17-15(18)12(4)19-14-10(2)7-13(9-16)8-11(14)3/h7-8,12H,5-6,9,16H2,1-4H3,(H,17,18). The summed E-state index contributed by atoms with van der Waals surface area (Å²) in [6.07, 6.45) is 0.425. The molecule has 0 radical (unpaired) electrons. The van der Waals surface area contributed by atoms with E-state index >= 15 is 0 Å². The Balaban J connectivity index is 2.79. The highest BCUT2D eigenvalue weighted by Crippen LogP contribution is 2.25. The molecule has 0 aromatic heterocycles. The minimum absolute atomic E-state index is 0.0800. The SMILES string of the molecule is CCCNC(=O)C(C)Oc1c(C)cc(CN)cc1C. The molecular weight excluding hydrogens is 240 g/mol. The van der Waals surface area contributed by atoms with E-state index in [2.05, 4.69) is 5.32 Å². The maximum absolute atomic E-state index is 11.8. The van der Waals surface area contributed by atoms with Crippen LogP contribution in [0.4, 0.5) is 0 Å². The fourth-order valence-corrected chi connectivity index (χ4v) is 1.97. The lowest BCUT2D eigenvalue weighted by Crippen LogP contribution is -2.36. The molecule has 19 heavy (non-hydrogen) atoms. The molecule has 0 bridgehead atoms. The summed E-state index contributed by atoms with van der Waals surface area (Å²) in [7, 11) is 0. The second kappa shape index (κ2) is 7.14. The van der Waals surface area contributed by atoms with Gasteiger partial charge < -0.3 is 15.8 Å². The molecule has 0 aliphatic heterocycles. The van der Waals surface area contributed by atoms with Gasteiger partial charge in [0.15, 0.2) is 6.10 Å². The van der Waals surface area contributed by atoms with Crippen molar-refractivity contribution in [3.63, 3.8) is 0 Å². The number of carbonyl (C=O) groups excluding carboxylic acids is 1. The Hall–Kier alpha value is -1.55. The topological polar surface area (TPSA) is 64.3 Å². The van der Waals surface area contributed by atoms with Gasteiger partial charge in [-0.15, -0.1) is 0 Å². The number of aryl methyl sites for hydroxylation is 2. The zero-order valence-electron chi connectivity index (χ0n) is 12.2. The van der Waals surface area contributed by atoms with E-state index in [4.69, 9.17) is 10.5 Å². The van der Waals surface area contributed by atoms with Crippen molar-refractivity contribution in [1.82, 2.24) is 5.32 Å². The first-order valence-electron chi connectivity index (χ1n) is 6.74. The largest absolute Gasteiger partial charge is 0.480 e. The molecule has 0 aliphatic carbocycles. The van der Waals surface area contributed by atoms with E-state index in [9.17, 15) is 4.79 Å². The fraction of sp³-hybridized carbons (Fsp3) is 0.533. The molecule has 0 heterocycles. The van der Waals surface area contributed by atoms with Gasteiger partial charge in [0.1, 0.15) is 5.75 Å². The van der Waals surface area contributed by atoms with Crippen molar-refractivity contribution in [3.8, 4) is 5.75 Å². The molecule has 1 aromatic carbocycles. The Bertz CT molecular complexity index is 421. The summed E-state index contributed by atoms with van der Waals surface area (Å²) >= 11 is 0. The van der Waals surface area contributed by atoms with Crippen LogP contribution < -0.4 is 15.8 Å². The fourth-order valence-electron chi connectivity index (χ4n) is 1.97. The van der Waals surface area contributed by atoms with Gasteiger partial charge in [0.25, 0.3) is 5.91 Å². The lowest BCUT2D eigenvalue weighted by Gasteiger charge is -2.18. The summed E-state index contributed by atoms with van der Waals surface area (Å²) in [5.41, 5.74) is 8.73. The van der Waals surface area contributed by atoms with Gasteiger partial charge in [-0.2, -0.15) is 0 Å². The van der Waals surface area contributed by atoms with E-state index in [-0.39, 0.29) is 5.91 Å². The third-order valence-electron chi connectivity index (χ3n) is 2.97. The van der Waals surface area contributed by atoms with Crippen molar-refractivity contribution >= 4 is 5.91 Å². The molecule has 0 aliphatic rings. The number of rotatable bonds is 6. The molecule has 4 nitrogen and oxygen atoms in total. The van der Waals surface area contributed by atoms with Crippen molar-refractivity contribution in [2.45, 2.75) is 46.8 Å². The number of hydrogen-bond donors (Lipinski definition) is 2. The molecule has 0 saturated heterocycles. The van der Waals surface area contributed by atoms with Crippen LogP contribution in [-0.2, 0) is 11.3 Å².